The molecule has 4 nitrogen and oxygen atoms in total. The van der Waals surface area contributed by atoms with E-state index in [0.717, 1.165) is 4.31 Å². The Hall–Kier alpha value is -2.90. The number of nitrogens with zero attached hydrogens (tertiary/aromatic N) is 1. The van der Waals surface area contributed by atoms with E-state index < -0.39 is 21.7 Å². The van der Waals surface area contributed by atoms with Crippen LogP contribution in [-0.2, 0) is 23.1 Å². The predicted octanol–water partition coefficient (Wildman–Crippen LogP) is 4.56. The van der Waals surface area contributed by atoms with Gasteiger partial charge in [0.2, 0.25) is 10.0 Å². The van der Waals surface area contributed by atoms with Gasteiger partial charge in [0.25, 0.3) is 0 Å². The second-order valence-electron chi connectivity index (χ2n) is 6.61. The van der Waals surface area contributed by atoms with Crippen LogP contribution < -0.4 is 0 Å². The van der Waals surface area contributed by atoms with Crippen molar-refractivity contribution in [1.29, 1.82) is 0 Å². The molecule has 0 spiro atoms. The second kappa shape index (κ2) is 8.63. The van der Waals surface area contributed by atoms with E-state index in [2.05, 4.69) is 0 Å². The Balaban J connectivity index is 1.98. The molecule has 0 aliphatic carbocycles. The van der Waals surface area contributed by atoms with E-state index in [0.29, 0.717) is 16.7 Å². The van der Waals surface area contributed by atoms with Gasteiger partial charge in [-0.3, -0.25) is 4.79 Å². The molecule has 0 aliphatic heterocycles. The summed E-state index contributed by atoms with van der Waals surface area (Å²) in [5.74, 6) is -1.13. The van der Waals surface area contributed by atoms with Crippen molar-refractivity contribution in [3.63, 3.8) is 0 Å². The molecule has 0 radical (unpaired) electrons. The van der Waals surface area contributed by atoms with E-state index in [9.17, 15) is 22.0 Å². The minimum atomic E-state index is -3.99. The normalized spacial score (nSPS) is 11.6. The SMILES string of the molecule is CC(=O)c1ccc(S(=O)(=O)N(Cc2cccc(F)c2)Cc2cccc(F)c2)cc1. The molecule has 150 valence electrons. The lowest BCUT2D eigenvalue weighted by atomic mass is 10.2. The highest BCUT2D eigenvalue weighted by Gasteiger charge is 2.25. The fraction of sp³-hybridized carbons (Fsp3) is 0.136. The first-order valence-electron chi connectivity index (χ1n) is 8.86. The van der Waals surface area contributed by atoms with E-state index >= 15 is 0 Å². The first kappa shape index (κ1) is 20.8. The molecule has 0 amide bonds. The monoisotopic (exact) mass is 415 g/mol. The quantitative estimate of drug-likeness (QED) is 0.532. The maximum atomic E-state index is 13.6. The molecule has 0 saturated heterocycles. The summed E-state index contributed by atoms with van der Waals surface area (Å²) in [5.41, 5.74) is 1.32. The Morgan fingerprint density at radius 3 is 1.72 bits per heavy atom. The minimum absolute atomic E-state index is 0.00435. The van der Waals surface area contributed by atoms with Crippen LogP contribution in [0.25, 0.3) is 0 Å². The molecule has 0 aromatic heterocycles. The highest BCUT2D eigenvalue weighted by Crippen LogP contribution is 2.22. The number of rotatable bonds is 7. The third-order valence-electron chi connectivity index (χ3n) is 4.39. The standard InChI is InChI=1S/C22H19F2NO3S/c1-16(26)19-8-10-22(11-9-19)29(27,28)25(14-17-4-2-6-20(23)12-17)15-18-5-3-7-21(24)13-18/h2-13H,14-15H2,1H3. The van der Waals surface area contributed by atoms with Crippen molar-refractivity contribution in [2.24, 2.45) is 0 Å². The molecule has 3 rings (SSSR count). The van der Waals surface area contributed by atoms with Gasteiger partial charge in [-0.1, -0.05) is 36.4 Å². The zero-order valence-electron chi connectivity index (χ0n) is 15.7. The van der Waals surface area contributed by atoms with Crippen LogP contribution in [-0.4, -0.2) is 18.5 Å². The first-order chi connectivity index (χ1) is 13.8. The van der Waals surface area contributed by atoms with E-state index in [-0.39, 0.29) is 23.8 Å². The van der Waals surface area contributed by atoms with Crippen LogP contribution in [0, 0.1) is 11.6 Å². The lowest BCUT2D eigenvalue weighted by molar-refractivity contribution is 0.101. The number of benzene rings is 3. The van der Waals surface area contributed by atoms with Gasteiger partial charge in [0.1, 0.15) is 11.6 Å². The largest absolute Gasteiger partial charge is 0.295 e. The number of halogens is 2. The van der Waals surface area contributed by atoms with E-state index in [1.165, 1.54) is 67.6 Å². The molecule has 0 N–H and O–H groups in total. The van der Waals surface area contributed by atoms with Gasteiger partial charge in [-0.05, 0) is 54.4 Å². The van der Waals surface area contributed by atoms with Crippen LogP contribution >= 0.6 is 0 Å². The predicted molar refractivity (Wildman–Crippen MR) is 106 cm³/mol. The van der Waals surface area contributed by atoms with Crippen LogP contribution in [0.2, 0.25) is 0 Å². The summed E-state index contributed by atoms with van der Waals surface area (Å²) >= 11 is 0. The van der Waals surface area contributed by atoms with Crippen molar-refractivity contribution in [3.05, 3.63) is 101 Å². The highest BCUT2D eigenvalue weighted by molar-refractivity contribution is 7.89. The summed E-state index contributed by atoms with van der Waals surface area (Å²) in [6, 6.07) is 16.9. The molecule has 3 aromatic carbocycles. The van der Waals surface area contributed by atoms with Crippen LogP contribution in [0.4, 0.5) is 8.78 Å². The number of Topliss-reactive ketones (excluding diaryl/α,β-unsaturated/α-hetero) is 1. The number of hydrogen-bond donors (Lipinski definition) is 0. The summed E-state index contributed by atoms with van der Waals surface area (Å²) in [5, 5.41) is 0. The number of hydrogen-bond acceptors (Lipinski definition) is 3. The third kappa shape index (κ3) is 5.13. The Labute approximate surface area is 168 Å². The van der Waals surface area contributed by atoms with Gasteiger partial charge >= 0.3 is 0 Å². The fourth-order valence-electron chi connectivity index (χ4n) is 2.91. The molecule has 0 unspecified atom stereocenters. The lowest BCUT2D eigenvalue weighted by Crippen LogP contribution is -2.30. The van der Waals surface area contributed by atoms with Crippen molar-refractivity contribution < 1.29 is 22.0 Å². The van der Waals surface area contributed by atoms with Gasteiger partial charge in [0.05, 0.1) is 4.90 Å². The van der Waals surface area contributed by atoms with Gasteiger partial charge in [0, 0.05) is 18.7 Å². The van der Waals surface area contributed by atoms with Crippen molar-refractivity contribution in [3.8, 4) is 0 Å². The summed E-state index contributed by atoms with van der Waals surface area (Å²) < 4.78 is 54.8. The smallest absolute Gasteiger partial charge is 0.243 e. The number of carbonyl (C=O) groups is 1. The fourth-order valence-corrected chi connectivity index (χ4v) is 4.33. The summed E-state index contributed by atoms with van der Waals surface area (Å²) in [6.07, 6.45) is 0. The molecule has 0 fully saturated rings. The zero-order chi connectivity index (χ0) is 21.0. The third-order valence-corrected chi connectivity index (χ3v) is 6.20. The average Bonchev–Trinajstić information content (AvgIpc) is 2.67. The highest BCUT2D eigenvalue weighted by atomic mass is 32.2. The number of sulfonamides is 1. The zero-order valence-corrected chi connectivity index (χ0v) is 16.5. The van der Waals surface area contributed by atoms with Gasteiger partial charge in [-0.15, -0.1) is 0 Å². The summed E-state index contributed by atoms with van der Waals surface area (Å²) in [6.45, 7) is 1.21. The van der Waals surface area contributed by atoms with Crippen molar-refractivity contribution in [1.82, 2.24) is 4.31 Å². The first-order valence-corrected chi connectivity index (χ1v) is 10.3. The Bertz CT molecular complexity index is 1080. The summed E-state index contributed by atoms with van der Waals surface area (Å²) in [7, 11) is -3.99. The molecule has 29 heavy (non-hydrogen) atoms. The van der Waals surface area contributed by atoms with Crippen molar-refractivity contribution in [2.45, 2.75) is 24.9 Å². The average molecular weight is 415 g/mol. The van der Waals surface area contributed by atoms with E-state index in [4.69, 9.17) is 0 Å². The van der Waals surface area contributed by atoms with Crippen LogP contribution in [0.15, 0.2) is 77.7 Å². The van der Waals surface area contributed by atoms with Crippen molar-refractivity contribution in [2.75, 3.05) is 0 Å². The van der Waals surface area contributed by atoms with Crippen LogP contribution in [0.3, 0.4) is 0 Å². The maximum Gasteiger partial charge on any atom is 0.243 e. The summed E-state index contributed by atoms with van der Waals surface area (Å²) in [4.78, 5) is 11.5. The van der Waals surface area contributed by atoms with Gasteiger partial charge in [-0.2, -0.15) is 4.31 Å². The molecular formula is C22H19F2NO3S. The van der Waals surface area contributed by atoms with Gasteiger partial charge in [0.15, 0.2) is 5.78 Å². The van der Waals surface area contributed by atoms with Gasteiger partial charge in [-0.25, -0.2) is 17.2 Å². The Kier molecular flexibility index (Phi) is 6.20. The second-order valence-corrected chi connectivity index (χ2v) is 8.55. The number of ketones is 1. The lowest BCUT2D eigenvalue weighted by Gasteiger charge is -2.23. The Morgan fingerprint density at radius 1 is 0.828 bits per heavy atom. The topological polar surface area (TPSA) is 54.5 Å². The number of carbonyl (C=O) groups excluding carboxylic acids is 1. The molecule has 7 heteroatoms. The van der Waals surface area contributed by atoms with Crippen molar-refractivity contribution >= 4 is 15.8 Å². The molecule has 0 aliphatic rings. The molecule has 0 heterocycles. The van der Waals surface area contributed by atoms with E-state index in [1.54, 1.807) is 12.1 Å². The molecule has 3 aromatic rings. The van der Waals surface area contributed by atoms with E-state index in [1.807, 2.05) is 0 Å². The van der Waals surface area contributed by atoms with Crippen LogP contribution in [0.1, 0.15) is 28.4 Å². The maximum absolute atomic E-state index is 13.6. The minimum Gasteiger partial charge on any atom is -0.295 e. The van der Waals surface area contributed by atoms with Crippen LogP contribution in [0.5, 0.6) is 0 Å². The molecule has 0 saturated carbocycles. The molecule has 0 bridgehead atoms. The molecule has 0 atom stereocenters. The van der Waals surface area contributed by atoms with Gasteiger partial charge < -0.3 is 0 Å². The Morgan fingerprint density at radius 2 is 1.31 bits per heavy atom. The molecular weight excluding hydrogens is 396 g/mol.